The summed E-state index contributed by atoms with van der Waals surface area (Å²) in [5.41, 5.74) is 0.717. The zero-order valence-corrected chi connectivity index (χ0v) is 21.5. The Kier molecular flexibility index (Phi) is 11.6. The smallest absolute Gasteiger partial charge is 0.119 e. The van der Waals surface area contributed by atoms with Gasteiger partial charge in [-0.2, -0.15) is 0 Å². The molecule has 1 atom stereocenters. The number of likely N-dealkylation sites (N-methyl/N-ethyl adjacent to an activating group) is 1. The minimum atomic E-state index is -0.563. The summed E-state index contributed by atoms with van der Waals surface area (Å²) in [6.07, 6.45) is 12.2. The van der Waals surface area contributed by atoms with Crippen molar-refractivity contribution in [2.45, 2.75) is 75.7 Å². The maximum atomic E-state index is 11.6. The largest absolute Gasteiger partial charge is 0.493 e. The van der Waals surface area contributed by atoms with Crippen LogP contribution in [0, 0.1) is 5.92 Å². The van der Waals surface area contributed by atoms with Gasteiger partial charge in [0.15, 0.2) is 0 Å². The number of halogens is 2. The molecule has 1 saturated heterocycles. The second-order valence-corrected chi connectivity index (χ2v) is 10.2. The number of piperazine rings is 1. The van der Waals surface area contributed by atoms with Gasteiger partial charge < -0.3 is 19.6 Å². The van der Waals surface area contributed by atoms with E-state index in [1.165, 1.54) is 44.1 Å². The third kappa shape index (κ3) is 7.50. The molecule has 4 rings (SSSR count). The van der Waals surface area contributed by atoms with E-state index in [1.807, 2.05) is 0 Å². The van der Waals surface area contributed by atoms with Crippen molar-refractivity contribution in [2.24, 2.45) is 5.92 Å². The topological polar surface area (TPSA) is 35.9 Å². The average Bonchev–Trinajstić information content (AvgIpc) is 2.79. The van der Waals surface area contributed by atoms with Gasteiger partial charge in [0.1, 0.15) is 5.75 Å². The highest BCUT2D eigenvalue weighted by atomic mass is 35.5. The van der Waals surface area contributed by atoms with Crippen molar-refractivity contribution in [1.29, 1.82) is 0 Å². The fraction of sp³-hybridized carbons (Fsp3) is 0.769. The number of rotatable bonds is 7. The number of aliphatic hydroxyl groups is 1. The lowest BCUT2D eigenvalue weighted by Gasteiger charge is -2.43. The summed E-state index contributed by atoms with van der Waals surface area (Å²) in [5.74, 6) is 1.90. The Morgan fingerprint density at radius 2 is 1.50 bits per heavy atom. The van der Waals surface area contributed by atoms with E-state index in [1.54, 1.807) is 0 Å². The summed E-state index contributed by atoms with van der Waals surface area (Å²) in [4.78, 5) is 4.96. The lowest BCUT2D eigenvalue weighted by Crippen LogP contribution is -2.50. The summed E-state index contributed by atoms with van der Waals surface area (Å²) in [7, 11) is 2.20. The van der Waals surface area contributed by atoms with Crippen LogP contribution >= 0.6 is 24.8 Å². The fourth-order valence-corrected chi connectivity index (χ4v) is 5.75. The van der Waals surface area contributed by atoms with Crippen molar-refractivity contribution in [2.75, 3.05) is 46.4 Å². The van der Waals surface area contributed by atoms with E-state index in [2.05, 4.69) is 41.1 Å². The van der Waals surface area contributed by atoms with E-state index in [9.17, 15) is 5.11 Å². The first-order chi connectivity index (χ1) is 14.6. The van der Waals surface area contributed by atoms with Crippen LogP contribution in [0.4, 0.5) is 0 Å². The molecule has 4 nitrogen and oxygen atoms in total. The van der Waals surface area contributed by atoms with Crippen molar-refractivity contribution in [3.8, 4) is 5.75 Å². The zero-order valence-electron chi connectivity index (χ0n) is 19.8. The van der Waals surface area contributed by atoms with Crippen LogP contribution in [-0.2, 0) is 0 Å². The lowest BCUT2D eigenvalue weighted by molar-refractivity contribution is -0.0337. The summed E-state index contributed by atoms with van der Waals surface area (Å²) < 4.78 is 6.13. The van der Waals surface area contributed by atoms with Gasteiger partial charge in [0.2, 0.25) is 0 Å². The molecule has 184 valence electrons. The Morgan fingerprint density at radius 3 is 2.12 bits per heavy atom. The molecule has 6 heteroatoms. The SMILES string of the molecule is CN1CCN(CC(c2ccc(OCC3CCCCC3)cc2)C2(O)CCCCC2)CC1.Cl.Cl. The summed E-state index contributed by atoms with van der Waals surface area (Å²) in [6.45, 7) is 6.27. The third-order valence-electron chi connectivity index (χ3n) is 7.90. The number of nitrogens with zero attached hydrogens (tertiary/aromatic N) is 2. The molecule has 0 amide bonds. The predicted octanol–water partition coefficient (Wildman–Crippen LogP) is 5.52. The minimum Gasteiger partial charge on any atom is -0.493 e. The molecule has 0 aromatic heterocycles. The molecule has 2 aliphatic carbocycles. The van der Waals surface area contributed by atoms with E-state index in [0.29, 0.717) is 0 Å². The highest BCUT2D eigenvalue weighted by Crippen LogP contribution is 2.41. The van der Waals surface area contributed by atoms with Crippen molar-refractivity contribution in [3.63, 3.8) is 0 Å². The standard InChI is InChI=1S/C26H42N2O2.2ClH/c1-27-16-18-28(19-17-27)20-25(26(29)14-6-3-7-15-26)23-10-12-24(13-11-23)30-21-22-8-4-2-5-9-22;;/h10-13,22,25,29H,2-9,14-21H2,1H3;2*1H. The van der Waals surface area contributed by atoms with E-state index < -0.39 is 5.60 Å². The summed E-state index contributed by atoms with van der Waals surface area (Å²) >= 11 is 0. The molecule has 1 aromatic carbocycles. The van der Waals surface area contributed by atoms with E-state index in [-0.39, 0.29) is 30.7 Å². The molecular formula is C26H44Cl2N2O2. The van der Waals surface area contributed by atoms with Crippen LogP contribution in [0.1, 0.15) is 75.7 Å². The van der Waals surface area contributed by atoms with Crippen molar-refractivity contribution in [1.82, 2.24) is 9.80 Å². The van der Waals surface area contributed by atoms with Crippen molar-refractivity contribution in [3.05, 3.63) is 29.8 Å². The number of benzene rings is 1. The Hall–Kier alpha value is -0.520. The Labute approximate surface area is 207 Å². The van der Waals surface area contributed by atoms with Crippen LogP contribution in [0.15, 0.2) is 24.3 Å². The molecule has 0 spiro atoms. The zero-order chi connectivity index (χ0) is 20.8. The quantitative estimate of drug-likeness (QED) is 0.550. The van der Waals surface area contributed by atoms with Gasteiger partial charge in [0.05, 0.1) is 12.2 Å². The van der Waals surface area contributed by atoms with Crippen molar-refractivity contribution >= 4 is 24.8 Å². The third-order valence-corrected chi connectivity index (χ3v) is 7.90. The molecule has 2 saturated carbocycles. The minimum absolute atomic E-state index is 0. The van der Waals surface area contributed by atoms with Crippen LogP contribution in [0.5, 0.6) is 5.75 Å². The molecule has 3 aliphatic rings. The highest BCUT2D eigenvalue weighted by molar-refractivity contribution is 5.85. The molecule has 0 radical (unpaired) electrons. The van der Waals surface area contributed by atoms with Gasteiger partial charge >= 0.3 is 0 Å². The van der Waals surface area contributed by atoms with Gasteiger partial charge in [-0.25, -0.2) is 0 Å². The van der Waals surface area contributed by atoms with Gasteiger partial charge in [-0.1, -0.05) is 50.7 Å². The summed E-state index contributed by atoms with van der Waals surface area (Å²) in [5, 5.41) is 11.6. The second-order valence-electron chi connectivity index (χ2n) is 10.2. The fourth-order valence-electron chi connectivity index (χ4n) is 5.75. The molecule has 3 fully saturated rings. The van der Waals surface area contributed by atoms with Gasteiger partial charge in [0, 0.05) is 38.6 Å². The molecular weight excluding hydrogens is 443 g/mol. The van der Waals surface area contributed by atoms with Gasteiger partial charge in [-0.15, -0.1) is 24.8 Å². The Morgan fingerprint density at radius 1 is 0.906 bits per heavy atom. The molecule has 32 heavy (non-hydrogen) atoms. The number of ether oxygens (including phenoxy) is 1. The monoisotopic (exact) mass is 486 g/mol. The van der Waals surface area contributed by atoms with E-state index in [0.717, 1.165) is 76.7 Å². The van der Waals surface area contributed by atoms with Crippen LogP contribution in [-0.4, -0.2) is 66.9 Å². The van der Waals surface area contributed by atoms with E-state index >= 15 is 0 Å². The second kappa shape index (κ2) is 13.4. The average molecular weight is 488 g/mol. The van der Waals surface area contributed by atoms with Gasteiger partial charge in [0.25, 0.3) is 0 Å². The van der Waals surface area contributed by atoms with E-state index in [4.69, 9.17) is 4.74 Å². The van der Waals surface area contributed by atoms with Crippen LogP contribution < -0.4 is 4.74 Å². The normalized spacial score (nSPS) is 23.6. The van der Waals surface area contributed by atoms with Gasteiger partial charge in [-0.3, -0.25) is 0 Å². The Bertz CT molecular complexity index is 638. The predicted molar refractivity (Wildman–Crippen MR) is 138 cm³/mol. The first-order valence-electron chi connectivity index (χ1n) is 12.5. The molecule has 1 unspecified atom stereocenters. The molecule has 1 heterocycles. The maximum Gasteiger partial charge on any atom is 0.119 e. The first-order valence-corrected chi connectivity index (χ1v) is 12.5. The Balaban J connectivity index is 0.00000181. The molecule has 1 aromatic rings. The molecule has 0 bridgehead atoms. The van der Waals surface area contributed by atoms with Crippen molar-refractivity contribution < 1.29 is 9.84 Å². The first kappa shape index (κ1) is 27.7. The lowest BCUT2D eigenvalue weighted by atomic mass is 9.72. The number of hydrogen-bond acceptors (Lipinski definition) is 4. The van der Waals surface area contributed by atoms with Crippen LogP contribution in [0.2, 0.25) is 0 Å². The molecule has 1 N–H and O–H groups in total. The maximum absolute atomic E-state index is 11.6. The summed E-state index contributed by atoms with van der Waals surface area (Å²) in [6, 6.07) is 8.73. The molecule has 1 aliphatic heterocycles. The van der Waals surface area contributed by atoms with Crippen LogP contribution in [0.3, 0.4) is 0 Å². The van der Waals surface area contributed by atoms with Crippen LogP contribution in [0.25, 0.3) is 0 Å². The highest BCUT2D eigenvalue weighted by Gasteiger charge is 2.39. The van der Waals surface area contributed by atoms with Gasteiger partial charge in [-0.05, 0) is 56.3 Å². The number of hydrogen-bond donors (Lipinski definition) is 1.